The van der Waals surface area contributed by atoms with Crippen LogP contribution in [-0.4, -0.2) is 48.9 Å². The summed E-state index contributed by atoms with van der Waals surface area (Å²) in [6.07, 6.45) is 1.68. The summed E-state index contributed by atoms with van der Waals surface area (Å²) in [5.74, 6) is -0.230. The van der Waals surface area contributed by atoms with Crippen LogP contribution in [0.2, 0.25) is 0 Å². The van der Waals surface area contributed by atoms with Gasteiger partial charge in [-0.25, -0.2) is 0 Å². The molecule has 5 heteroatoms. The average Bonchev–Trinajstić information content (AvgIpc) is 2.30. The fraction of sp³-hybridized carbons (Fsp3) is 0.667. The molecular formula is C12H23N3O2. The van der Waals surface area contributed by atoms with Crippen LogP contribution < -0.4 is 10.6 Å². The lowest BCUT2D eigenvalue weighted by Gasteiger charge is -2.23. The third-order valence-electron chi connectivity index (χ3n) is 2.40. The summed E-state index contributed by atoms with van der Waals surface area (Å²) in [6, 6.07) is -0.479. The van der Waals surface area contributed by atoms with E-state index in [9.17, 15) is 9.59 Å². The molecule has 0 fully saturated rings. The number of carbonyl (C=O) groups is 2. The fourth-order valence-corrected chi connectivity index (χ4v) is 1.45. The van der Waals surface area contributed by atoms with Crippen molar-refractivity contribution in [3.8, 4) is 0 Å². The zero-order valence-corrected chi connectivity index (χ0v) is 11.0. The molecule has 5 nitrogen and oxygen atoms in total. The van der Waals surface area contributed by atoms with Gasteiger partial charge in [0.1, 0.15) is 6.04 Å². The van der Waals surface area contributed by atoms with E-state index in [4.69, 9.17) is 0 Å². The summed E-state index contributed by atoms with van der Waals surface area (Å²) in [7, 11) is 0. The Hall–Kier alpha value is -1.36. The monoisotopic (exact) mass is 241 g/mol. The van der Waals surface area contributed by atoms with E-state index >= 15 is 0 Å². The Kier molecular flexibility index (Phi) is 8.05. The zero-order valence-electron chi connectivity index (χ0n) is 11.0. The molecule has 0 rings (SSSR count). The molecule has 0 aliphatic carbocycles. The molecule has 17 heavy (non-hydrogen) atoms. The summed E-state index contributed by atoms with van der Waals surface area (Å²) >= 11 is 0. The van der Waals surface area contributed by atoms with Gasteiger partial charge in [0.15, 0.2) is 0 Å². The van der Waals surface area contributed by atoms with Gasteiger partial charge < -0.3 is 15.5 Å². The largest absolute Gasteiger partial charge is 0.343 e. The molecule has 0 aromatic heterocycles. The highest BCUT2D eigenvalue weighted by Crippen LogP contribution is 1.94. The Morgan fingerprint density at radius 2 is 1.94 bits per heavy atom. The second-order valence-corrected chi connectivity index (χ2v) is 3.72. The van der Waals surface area contributed by atoms with E-state index in [-0.39, 0.29) is 18.4 Å². The lowest BCUT2D eigenvalue weighted by Crippen LogP contribution is -2.48. The van der Waals surface area contributed by atoms with Gasteiger partial charge in [0, 0.05) is 19.6 Å². The lowest BCUT2D eigenvalue weighted by atomic mass is 10.2. The fourth-order valence-electron chi connectivity index (χ4n) is 1.45. The summed E-state index contributed by atoms with van der Waals surface area (Å²) in [5.41, 5.74) is 0. The minimum Gasteiger partial charge on any atom is -0.343 e. The topological polar surface area (TPSA) is 61.4 Å². The van der Waals surface area contributed by atoms with E-state index in [0.29, 0.717) is 19.6 Å². The van der Waals surface area contributed by atoms with Gasteiger partial charge in [-0.1, -0.05) is 6.08 Å². The minimum absolute atomic E-state index is 0.0490. The van der Waals surface area contributed by atoms with Crippen LogP contribution in [0.3, 0.4) is 0 Å². The van der Waals surface area contributed by atoms with Crippen molar-refractivity contribution in [1.29, 1.82) is 0 Å². The summed E-state index contributed by atoms with van der Waals surface area (Å²) in [6.45, 7) is 11.2. The molecule has 0 radical (unpaired) electrons. The quantitative estimate of drug-likeness (QED) is 0.469. The molecule has 1 atom stereocenters. The molecule has 0 spiro atoms. The van der Waals surface area contributed by atoms with Crippen molar-refractivity contribution in [2.75, 3.05) is 26.2 Å². The van der Waals surface area contributed by atoms with E-state index in [1.807, 2.05) is 13.8 Å². The predicted octanol–water partition coefficient (Wildman–Crippen LogP) is 0.135. The summed E-state index contributed by atoms with van der Waals surface area (Å²) in [5, 5.41) is 5.54. The van der Waals surface area contributed by atoms with Gasteiger partial charge in [-0.05, 0) is 20.8 Å². The maximum absolute atomic E-state index is 11.8. The van der Waals surface area contributed by atoms with E-state index in [2.05, 4.69) is 17.2 Å². The van der Waals surface area contributed by atoms with Crippen LogP contribution in [0.4, 0.5) is 0 Å². The van der Waals surface area contributed by atoms with Crippen LogP contribution in [0.5, 0.6) is 0 Å². The highest BCUT2D eigenvalue weighted by atomic mass is 16.2. The molecule has 0 heterocycles. The van der Waals surface area contributed by atoms with Crippen molar-refractivity contribution in [1.82, 2.24) is 15.5 Å². The first kappa shape index (κ1) is 15.6. The number of hydrogen-bond acceptors (Lipinski definition) is 3. The van der Waals surface area contributed by atoms with Crippen molar-refractivity contribution in [3.05, 3.63) is 12.7 Å². The number of carbonyl (C=O) groups excluding carboxylic acids is 2. The zero-order chi connectivity index (χ0) is 13.3. The first-order valence-electron chi connectivity index (χ1n) is 5.96. The molecule has 0 aromatic carbocycles. The van der Waals surface area contributed by atoms with Crippen molar-refractivity contribution in [3.63, 3.8) is 0 Å². The lowest BCUT2D eigenvalue weighted by molar-refractivity contribution is -0.135. The number of nitrogens with one attached hydrogen (secondary N) is 2. The van der Waals surface area contributed by atoms with Crippen LogP contribution >= 0.6 is 0 Å². The molecule has 0 aromatic rings. The van der Waals surface area contributed by atoms with E-state index in [0.717, 1.165) is 0 Å². The van der Waals surface area contributed by atoms with Gasteiger partial charge in [-0.2, -0.15) is 0 Å². The second kappa shape index (κ2) is 8.75. The third kappa shape index (κ3) is 6.06. The maximum Gasteiger partial charge on any atom is 0.244 e. The van der Waals surface area contributed by atoms with Crippen LogP contribution in [-0.2, 0) is 9.59 Å². The molecule has 1 unspecified atom stereocenters. The number of amides is 2. The summed E-state index contributed by atoms with van der Waals surface area (Å²) in [4.78, 5) is 25.0. The minimum atomic E-state index is -0.479. The Morgan fingerprint density at radius 3 is 2.41 bits per heavy atom. The molecule has 2 amide bonds. The van der Waals surface area contributed by atoms with E-state index in [1.54, 1.807) is 17.9 Å². The van der Waals surface area contributed by atoms with Crippen molar-refractivity contribution < 1.29 is 9.59 Å². The standard InChI is InChI=1S/C12H23N3O2/c1-5-8-13-9-11(16)14-10(4)12(17)15(6-2)7-3/h5,10,13H,1,6-9H2,2-4H3,(H,14,16). The maximum atomic E-state index is 11.8. The second-order valence-electron chi connectivity index (χ2n) is 3.72. The van der Waals surface area contributed by atoms with Crippen molar-refractivity contribution in [2.45, 2.75) is 26.8 Å². The highest BCUT2D eigenvalue weighted by molar-refractivity contribution is 5.88. The normalized spacial score (nSPS) is 11.7. The Bertz CT molecular complexity index is 262. The molecule has 2 N–H and O–H groups in total. The smallest absolute Gasteiger partial charge is 0.244 e. The SMILES string of the molecule is C=CCNCC(=O)NC(C)C(=O)N(CC)CC. The Morgan fingerprint density at radius 1 is 1.35 bits per heavy atom. The predicted molar refractivity (Wildman–Crippen MR) is 68.6 cm³/mol. The van der Waals surface area contributed by atoms with Crippen molar-refractivity contribution >= 4 is 11.8 Å². The van der Waals surface area contributed by atoms with Gasteiger partial charge in [-0.3, -0.25) is 9.59 Å². The highest BCUT2D eigenvalue weighted by Gasteiger charge is 2.19. The van der Waals surface area contributed by atoms with Gasteiger partial charge >= 0.3 is 0 Å². The Labute approximate surface area is 103 Å². The van der Waals surface area contributed by atoms with Crippen molar-refractivity contribution in [2.24, 2.45) is 0 Å². The average molecular weight is 241 g/mol. The van der Waals surface area contributed by atoms with E-state index < -0.39 is 6.04 Å². The van der Waals surface area contributed by atoms with Gasteiger partial charge in [0.2, 0.25) is 11.8 Å². The molecule has 0 saturated carbocycles. The number of hydrogen-bond donors (Lipinski definition) is 2. The van der Waals surface area contributed by atoms with Crippen LogP contribution in [0, 0.1) is 0 Å². The van der Waals surface area contributed by atoms with Gasteiger partial charge in [0.05, 0.1) is 6.54 Å². The van der Waals surface area contributed by atoms with Gasteiger partial charge in [-0.15, -0.1) is 6.58 Å². The van der Waals surface area contributed by atoms with Crippen LogP contribution in [0.25, 0.3) is 0 Å². The molecule has 0 aliphatic rings. The van der Waals surface area contributed by atoms with Gasteiger partial charge in [0.25, 0.3) is 0 Å². The molecule has 0 aliphatic heterocycles. The molecule has 0 bridgehead atoms. The molecule has 98 valence electrons. The first-order valence-corrected chi connectivity index (χ1v) is 5.96. The number of nitrogens with zero attached hydrogens (tertiary/aromatic N) is 1. The number of likely N-dealkylation sites (N-methyl/N-ethyl adjacent to an activating group) is 1. The molecular weight excluding hydrogens is 218 g/mol. The third-order valence-corrected chi connectivity index (χ3v) is 2.40. The molecule has 0 saturated heterocycles. The van der Waals surface area contributed by atoms with Crippen LogP contribution in [0.1, 0.15) is 20.8 Å². The van der Waals surface area contributed by atoms with E-state index in [1.165, 1.54) is 0 Å². The Balaban J connectivity index is 4.06. The summed E-state index contributed by atoms with van der Waals surface area (Å²) < 4.78 is 0. The first-order chi connectivity index (χ1) is 8.06. The van der Waals surface area contributed by atoms with Crippen LogP contribution in [0.15, 0.2) is 12.7 Å². The number of rotatable bonds is 8.